The maximum absolute atomic E-state index is 4.63. The second-order valence-corrected chi connectivity index (χ2v) is 4.61. The molecule has 2 aliphatic rings. The number of hydrogen-bond acceptors (Lipinski definition) is 3. The minimum Gasteiger partial charge on any atom is -0.356 e. The third-order valence-electron chi connectivity index (χ3n) is 3.37. The fraction of sp³-hybridized carbons (Fsp3) is 0.538. The maximum atomic E-state index is 4.63. The summed E-state index contributed by atoms with van der Waals surface area (Å²) in [4.78, 5) is 11.6. The molecule has 3 rings (SSSR count). The van der Waals surface area contributed by atoms with Crippen LogP contribution < -0.4 is 4.90 Å². The van der Waals surface area contributed by atoms with Gasteiger partial charge in [-0.1, -0.05) is 12.2 Å². The zero-order valence-electron chi connectivity index (χ0n) is 9.74. The monoisotopic (exact) mass is 215 g/mol. The van der Waals surface area contributed by atoms with Crippen molar-refractivity contribution in [2.24, 2.45) is 0 Å². The van der Waals surface area contributed by atoms with E-state index < -0.39 is 0 Å². The van der Waals surface area contributed by atoms with Gasteiger partial charge in [0.05, 0.1) is 5.69 Å². The summed E-state index contributed by atoms with van der Waals surface area (Å²) in [5, 5.41) is 0. The smallest absolute Gasteiger partial charge is 0.139 e. The molecule has 0 bridgehead atoms. The van der Waals surface area contributed by atoms with Crippen molar-refractivity contribution in [3.05, 3.63) is 23.2 Å². The van der Waals surface area contributed by atoms with E-state index in [-0.39, 0.29) is 0 Å². The summed E-state index contributed by atoms with van der Waals surface area (Å²) in [6.07, 6.45) is 9.28. The van der Waals surface area contributed by atoms with Gasteiger partial charge in [0, 0.05) is 25.1 Å². The third kappa shape index (κ3) is 1.60. The van der Waals surface area contributed by atoms with Gasteiger partial charge in [0.2, 0.25) is 0 Å². The molecule has 1 aromatic rings. The number of anilines is 1. The molecule has 0 spiro atoms. The van der Waals surface area contributed by atoms with Crippen molar-refractivity contribution in [2.45, 2.75) is 32.6 Å². The molecule has 3 nitrogen and oxygen atoms in total. The molecule has 0 saturated carbocycles. The van der Waals surface area contributed by atoms with E-state index in [1.807, 2.05) is 6.92 Å². The van der Waals surface area contributed by atoms with Crippen LogP contribution in [0.15, 0.2) is 6.08 Å². The van der Waals surface area contributed by atoms with E-state index in [2.05, 4.69) is 27.0 Å². The molecule has 1 saturated heterocycles. The van der Waals surface area contributed by atoms with Gasteiger partial charge in [-0.2, -0.15) is 0 Å². The SMILES string of the molecule is Cc1nc2c(c(N3CCCCC3)n1)C=CC2. The highest BCUT2D eigenvalue weighted by Gasteiger charge is 2.20. The lowest BCUT2D eigenvalue weighted by Crippen LogP contribution is -2.31. The second kappa shape index (κ2) is 3.89. The lowest BCUT2D eigenvalue weighted by molar-refractivity contribution is 0.572. The molecule has 84 valence electrons. The molecule has 1 aliphatic carbocycles. The van der Waals surface area contributed by atoms with E-state index in [9.17, 15) is 0 Å². The third-order valence-corrected chi connectivity index (χ3v) is 3.37. The van der Waals surface area contributed by atoms with Gasteiger partial charge in [-0.15, -0.1) is 0 Å². The van der Waals surface area contributed by atoms with E-state index in [0.717, 1.165) is 31.2 Å². The average Bonchev–Trinajstić information content (AvgIpc) is 2.77. The normalized spacial score (nSPS) is 18.9. The van der Waals surface area contributed by atoms with Crippen LogP contribution in [0.25, 0.3) is 6.08 Å². The molecule has 0 aromatic carbocycles. The minimum absolute atomic E-state index is 0.906. The van der Waals surface area contributed by atoms with Gasteiger partial charge in [-0.05, 0) is 26.2 Å². The van der Waals surface area contributed by atoms with Crippen molar-refractivity contribution in [1.29, 1.82) is 0 Å². The summed E-state index contributed by atoms with van der Waals surface area (Å²) in [7, 11) is 0. The van der Waals surface area contributed by atoms with Crippen molar-refractivity contribution in [3.8, 4) is 0 Å². The first-order chi connectivity index (χ1) is 7.84. The van der Waals surface area contributed by atoms with Gasteiger partial charge in [-0.25, -0.2) is 9.97 Å². The van der Waals surface area contributed by atoms with E-state index in [0.29, 0.717) is 0 Å². The Morgan fingerprint density at radius 2 is 1.94 bits per heavy atom. The lowest BCUT2D eigenvalue weighted by Gasteiger charge is -2.29. The zero-order valence-corrected chi connectivity index (χ0v) is 9.74. The van der Waals surface area contributed by atoms with E-state index in [1.54, 1.807) is 0 Å². The van der Waals surface area contributed by atoms with Gasteiger partial charge >= 0.3 is 0 Å². The van der Waals surface area contributed by atoms with Gasteiger partial charge in [-0.3, -0.25) is 0 Å². The van der Waals surface area contributed by atoms with Crippen molar-refractivity contribution in [1.82, 2.24) is 9.97 Å². The molecule has 0 atom stereocenters. The molecule has 1 aliphatic heterocycles. The van der Waals surface area contributed by atoms with E-state index >= 15 is 0 Å². The van der Waals surface area contributed by atoms with Crippen LogP contribution in [0.2, 0.25) is 0 Å². The highest BCUT2D eigenvalue weighted by molar-refractivity contribution is 5.69. The van der Waals surface area contributed by atoms with Crippen molar-refractivity contribution >= 4 is 11.9 Å². The average molecular weight is 215 g/mol. The molecule has 16 heavy (non-hydrogen) atoms. The van der Waals surface area contributed by atoms with Crippen molar-refractivity contribution in [2.75, 3.05) is 18.0 Å². The summed E-state index contributed by atoms with van der Waals surface area (Å²) in [6.45, 7) is 4.29. The number of piperidine rings is 1. The largest absolute Gasteiger partial charge is 0.356 e. The number of hydrogen-bond donors (Lipinski definition) is 0. The van der Waals surface area contributed by atoms with E-state index in [1.165, 1.54) is 30.5 Å². The number of allylic oxidation sites excluding steroid dienone is 1. The predicted molar refractivity (Wildman–Crippen MR) is 65.6 cm³/mol. The van der Waals surface area contributed by atoms with Crippen LogP contribution in [0, 0.1) is 6.92 Å². The Kier molecular flexibility index (Phi) is 2.39. The van der Waals surface area contributed by atoms with Gasteiger partial charge < -0.3 is 4.90 Å². The molecule has 0 amide bonds. The molecule has 3 heteroatoms. The molecule has 1 aromatic heterocycles. The van der Waals surface area contributed by atoms with Crippen LogP contribution in [-0.2, 0) is 6.42 Å². The fourth-order valence-corrected chi connectivity index (χ4v) is 2.58. The van der Waals surface area contributed by atoms with Gasteiger partial charge in [0.25, 0.3) is 0 Å². The number of fused-ring (bicyclic) bond motifs is 1. The molecule has 1 fully saturated rings. The lowest BCUT2D eigenvalue weighted by atomic mass is 10.1. The van der Waals surface area contributed by atoms with Crippen LogP contribution in [-0.4, -0.2) is 23.1 Å². The summed E-state index contributed by atoms with van der Waals surface area (Å²) in [5.74, 6) is 2.07. The number of aromatic nitrogens is 2. The Morgan fingerprint density at radius 3 is 2.75 bits per heavy atom. The van der Waals surface area contributed by atoms with Crippen LogP contribution in [0.1, 0.15) is 36.3 Å². The summed E-state index contributed by atoms with van der Waals surface area (Å²) in [5.41, 5.74) is 2.46. The summed E-state index contributed by atoms with van der Waals surface area (Å²) in [6, 6.07) is 0. The number of nitrogens with zero attached hydrogens (tertiary/aromatic N) is 3. The minimum atomic E-state index is 0.906. The zero-order chi connectivity index (χ0) is 11.0. The Labute approximate surface area is 96.2 Å². The molecular formula is C13H17N3. The van der Waals surface area contributed by atoms with Gasteiger partial charge in [0.1, 0.15) is 11.6 Å². The first-order valence-corrected chi connectivity index (χ1v) is 6.13. The van der Waals surface area contributed by atoms with Crippen LogP contribution in [0.3, 0.4) is 0 Å². The topological polar surface area (TPSA) is 29.0 Å². The Bertz CT molecular complexity index is 431. The number of aryl methyl sites for hydroxylation is 1. The highest BCUT2D eigenvalue weighted by atomic mass is 15.2. The first-order valence-electron chi connectivity index (χ1n) is 6.13. The second-order valence-electron chi connectivity index (χ2n) is 4.61. The fourth-order valence-electron chi connectivity index (χ4n) is 2.58. The molecule has 2 heterocycles. The van der Waals surface area contributed by atoms with Crippen LogP contribution >= 0.6 is 0 Å². The first kappa shape index (κ1) is 9.82. The van der Waals surface area contributed by atoms with Crippen LogP contribution in [0.4, 0.5) is 5.82 Å². The Hall–Kier alpha value is -1.38. The summed E-state index contributed by atoms with van der Waals surface area (Å²) < 4.78 is 0. The maximum Gasteiger partial charge on any atom is 0.139 e. The van der Waals surface area contributed by atoms with Crippen LogP contribution in [0.5, 0.6) is 0 Å². The van der Waals surface area contributed by atoms with Crippen molar-refractivity contribution < 1.29 is 0 Å². The predicted octanol–water partition coefficient (Wildman–Crippen LogP) is 2.34. The molecular weight excluding hydrogens is 198 g/mol. The van der Waals surface area contributed by atoms with Crippen molar-refractivity contribution in [3.63, 3.8) is 0 Å². The standard InChI is InChI=1S/C13H17N3/c1-10-14-12-7-5-6-11(12)13(15-10)16-8-3-2-4-9-16/h5-6H,2-4,7-9H2,1H3. The summed E-state index contributed by atoms with van der Waals surface area (Å²) >= 11 is 0. The quantitative estimate of drug-likeness (QED) is 0.720. The van der Waals surface area contributed by atoms with Gasteiger partial charge in [0.15, 0.2) is 0 Å². The molecule has 0 N–H and O–H groups in total. The van der Waals surface area contributed by atoms with E-state index in [4.69, 9.17) is 0 Å². The Morgan fingerprint density at radius 1 is 1.12 bits per heavy atom. The Balaban J connectivity index is 2.01. The molecule has 0 unspecified atom stereocenters. The highest BCUT2D eigenvalue weighted by Crippen LogP contribution is 2.28. The molecule has 0 radical (unpaired) electrons. The number of rotatable bonds is 1.